The Morgan fingerprint density at radius 1 is 1.32 bits per heavy atom. The summed E-state index contributed by atoms with van der Waals surface area (Å²) in [5.41, 5.74) is 0.147. The summed E-state index contributed by atoms with van der Waals surface area (Å²) in [5, 5.41) is 13.8. The van der Waals surface area contributed by atoms with Crippen LogP contribution in [0, 0.1) is 0 Å². The van der Waals surface area contributed by atoms with Crippen molar-refractivity contribution < 1.29 is 5.11 Å². The van der Waals surface area contributed by atoms with Crippen molar-refractivity contribution in [3.05, 3.63) is 35.9 Å². The second-order valence-corrected chi connectivity index (χ2v) is 5.55. The second-order valence-electron chi connectivity index (χ2n) is 5.55. The number of benzene rings is 1. The van der Waals surface area contributed by atoms with E-state index in [9.17, 15) is 5.11 Å². The van der Waals surface area contributed by atoms with Crippen LogP contribution in [0.15, 0.2) is 30.3 Å². The van der Waals surface area contributed by atoms with Gasteiger partial charge >= 0.3 is 0 Å². The van der Waals surface area contributed by atoms with Crippen molar-refractivity contribution >= 4 is 0 Å². The maximum atomic E-state index is 10.4. The highest BCUT2D eigenvalue weighted by Gasteiger charge is 2.21. The van der Waals surface area contributed by atoms with Crippen LogP contribution in [-0.2, 0) is 5.60 Å². The Morgan fingerprint density at radius 3 is 2.53 bits per heavy atom. The van der Waals surface area contributed by atoms with Crippen LogP contribution in [0.3, 0.4) is 0 Å². The van der Waals surface area contributed by atoms with Gasteiger partial charge in [-0.15, -0.1) is 0 Å². The fourth-order valence-corrected chi connectivity index (χ4v) is 2.02. The van der Waals surface area contributed by atoms with Gasteiger partial charge in [0.15, 0.2) is 0 Å². The third kappa shape index (κ3) is 5.31. The van der Waals surface area contributed by atoms with Gasteiger partial charge in [0.05, 0.1) is 5.60 Å². The molecular formula is C16H28N2O. The van der Waals surface area contributed by atoms with Crippen molar-refractivity contribution in [3.8, 4) is 0 Å². The van der Waals surface area contributed by atoms with E-state index in [2.05, 4.69) is 31.1 Å². The van der Waals surface area contributed by atoms with Crippen molar-refractivity contribution in [1.29, 1.82) is 0 Å². The Bertz CT molecular complexity index is 351. The molecule has 0 heterocycles. The van der Waals surface area contributed by atoms with Crippen LogP contribution >= 0.6 is 0 Å². The third-order valence-corrected chi connectivity index (χ3v) is 3.85. The van der Waals surface area contributed by atoms with E-state index in [4.69, 9.17) is 0 Å². The first-order valence-electron chi connectivity index (χ1n) is 7.16. The van der Waals surface area contributed by atoms with E-state index in [0.717, 1.165) is 25.1 Å². The fourth-order valence-electron chi connectivity index (χ4n) is 2.02. The molecule has 0 fully saturated rings. The summed E-state index contributed by atoms with van der Waals surface area (Å²) in [4.78, 5) is 2.34. The number of hydrogen-bond donors (Lipinski definition) is 2. The SMILES string of the molecule is CCC(C)N(C)CCNCC(C)(O)c1ccccc1. The fraction of sp³-hybridized carbons (Fsp3) is 0.625. The zero-order chi connectivity index (χ0) is 14.3. The molecule has 1 rings (SSSR count). The van der Waals surface area contributed by atoms with E-state index >= 15 is 0 Å². The van der Waals surface area contributed by atoms with Gasteiger partial charge in [0.25, 0.3) is 0 Å². The lowest BCUT2D eigenvalue weighted by Gasteiger charge is -2.27. The van der Waals surface area contributed by atoms with Crippen LogP contribution in [0.2, 0.25) is 0 Å². The summed E-state index contributed by atoms with van der Waals surface area (Å²) in [5.74, 6) is 0. The highest BCUT2D eigenvalue weighted by atomic mass is 16.3. The van der Waals surface area contributed by atoms with Gasteiger partial charge in [-0.25, -0.2) is 0 Å². The summed E-state index contributed by atoms with van der Waals surface area (Å²) in [7, 11) is 2.14. The lowest BCUT2D eigenvalue weighted by Crippen LogP contribution is -2.40. The molecule has 2 N–H and O–H groups in total. The number of nitrogens with zero attached hydrogens (tertiary/aromatic N) is 1. The lowest BCUT2D eigenvalue weighted by molar-refractivity contribution is 0.0563. The molecule has 0 aliphatic heterocycles. The molecule has 0 saturated heterocycles. The molecule has 3 heteroatoms. The van der Waals surface area contributed by atoms with Crippen LogP contribution in [0.1, 0.15) is 32.8 Å². The maximum Gasteiger partial charge on any atom is 0.0992 e. The molecule has 0 saturated carbocycles. The first-order chi connectivity index (χ1) is 8.97. The number of likely N-dealkylation sites (N-methyl/N-ethyl adjacent to an activating group) is 1. The quantitative estimate of drug-likeness (QED) is 0.707. The van der Waals surface area contributed by atoms with Crippen molar-refractivity contribution in [3.63, 3.8) is 0 Å². The monoisotopic (exact) mass is 264 g/mol. The van der Waals surface area contributed by atoms with Gasteiger partial charge < -0.3 is 15.3 Å². The second kappa shape index (κ2) is 7.63. The first-order valence-corrected chi connectivity index (χ1v) is 7.16. The largest absolute Gasteiger partial charge is 0.384 e. The smallest absolute Gasteiger partial charge is 0.0992 e. The van der Waals surface area contributed by atoms with Gasteiger partial charge in [-0.3, -0.25) is 0 Å². The molecule has 1 aromatic rings. The average molecular weight is 264 g/mol. The van der Waals surface area contributed by atoms with Crippen LogP contribution in [0.25, 0.3) is 0 Å². The molecule has 2 atom stereocenters. The average Bonchev–Trinajstić information content (AvgIpc) is 2.43. The zero-order valence-electron chi connectivity index (χ0n) is 12.7. The van der Waals surface area contributed by atoms with Gasteiger partial charge in [0.1, 0.15) is 0 Å². The molecule has 0 aliphatic carbocycles. The first kappa shape index (κ1) is 16.2. The Kier molecular flexibility index (Phi) is 6.49. The minimum atomic E-state index is -0.809. The molecule has 3 nitrogen and oxygen atoms in total. The minimum Gasteiger partial charge on any atom is -0.384 e. The highest BCUT2D eigenvalue weighted by Crippen LogP contribution is 2.18. The van der Waals surface area contributed by atoms with Crippen LogP contribution in [0.4, 0.5) is 0 Å². The third-order valence-electron chi connectivity index (χ3n) is 3.85. The van der Waals surface area contributed by atoms with E-state index in [-0.39, 0.29) is 0 Å². The van der Waals surface area contributed by atoms with Crippen molar-refractivity contribution in [1.82, 2.24) is 10.2 Å². The summed E-state index contributed by atoms with van der Waals surface area (Å²) in [6.45, 7) is 8.76. The molecular weight excluding hydrogens is 236 g/mol. The van der Waals surface area contributed by atoms with Crippen LogP contribution in [0.5, 0.6) is 0 Å². The van der Waals surface area contributed by atoms with Crippen molar-refractivity contribution in [2.45, 2.75) is 38.8 Å². The number of hydrogen-bond acceptors (Lipinski definition) is 3. The molecule has 2 unspecified atom stereocenters. The zero-order valence-corrected chi connectivity index (χ0v) is 12.7. The number of rotatable bonds is 8. The van der Waals surface area contributed by atoms with E-state index in [1.165, 1.54) is 0 Å². The summed E-state index contributed by atoms with van der Waals surface area (Å²) in [6, 6.07) is 10.4. The Labute approximate surface area is 117 Å². The standard InChI is InChI=1S/C16H28N2O/c1-5-14(2)18(4)12-11-17-13-16(3,19)15-9-7-6-8-10-15/h6-10,14,17,19H,5,11-13H2,1-4H3. The molecule has 0 amide bonds. The van der Waals surface area contributed by atoms with Gasteiger partial charge in [-0.05, 0) is 32.9 Å². The van der Waals surface area contributed by atoms with Gasteiger partial charge in [-0.2, -0.15) is 0 Å². The van der Waals surface area contributed by atoms with Gasteiger partial charge in [-0.1, -0.05) is 37.3 Å². The summed E-state index contributed by atoms with van der Waals surface area (Å²) in [6.07, 6.45) is 1.16. The maximum absolute atomic E-state index is 10.4. The molecule has 0 bridgehead atoms. The Balaban J connectivity index is 2.33. The van der Waals surface area contributed by atoms with E-state index in [1.807, 2.05) is 37.3 Å². The molecule has 1 aromatic carbocycles. The van der Waals surface area contributed by atoms with E-state index in [1.54, 1.807) is 0 Å². The van der Waals surface area contributed by atoms with Crippen LogP contribution < -0.4 is 5.32 Å². The Morgan fingerprint density at radius 2 is 1.95 bits per heavy atom. The molecule has 0 spiro atoms. The normalized spacial score (nSPS) is 16.3. The van der Waals surface area contributed by atoms with Crippen molar-refractivity contribution in [2.75, 3.05) is 26.7 Å². The van der Waals surface area contributed by atoms with Crippen LogP contribution in [-0.4, -0.2) is 42.7 Å². The summed E-state index contributed by atoms with van der Waals surface area (Å²) < 4.78 is 0. The Hall–Kier alpha value is -0.900. The van der Waals surface area contributed by atoms with E-state index < -0.39 is 5.60 Å². The molecule has 0 aliphatic rings. The van der Waals surface area contributed by atoms with Crippen molar-refractivity contribution in [2.24, 2.45) is 0 Å². The van der Waals surface area contributed by atoms with Gasteiger partial charge in [0.2, 0.25) is 0 Å². The molecule has 0 aromatic heterocycles. The molecule has 108 valence electrons. The minimum absolute atomic E-state index is 0.575. The predicted molar refractivity (Wildman–Crippen MR) is 81.3 cm³/mol. The molecule has 19 heavy (non-hydrogen) atoms. The predicted octanol–water partition coefficient (Wildman–Crippen LogP) is 2.21. The topological polar surface area (TPSA) is 35.5 Å². The molecule has 0 radical (unpaired) electrons. The van der Waals surface area contributed by atoms with E-state index in [0.29, 0.717) is 12.6 Å². The number of nitrogens with one attached hydrogen (secondary N) is 1. The summed E-state index contributed by atoms with van der Waals surface area (Å²) >= 11 is 0. The number of aliphatic hydroxyl groups is 1. The highest BCUT2D eigenvalue weighted by molar-refractivity contribution is 5.21. The lowest BCUT2D eigenvalue weighted by atomic mass is 9.96. The van der Waals surface area contributed by atoms with Gasteiger partial charge in [0, 0.05) is 25.7 Å².